The first-order chi connectivity index (χ1) is 11.6. The van der Waals surface area contributed by atoms with Gasteiger partial charge < -0.3 is 14.8 Å². The number of hydroxylamine groups is 1. The second kappa shape index (κ2) is 7.74. The van der Waals surface area contributed by atoms with Gasteiger partial charge in [0.25, 0.3) is 8.32 Å². The summed E-state index contributed by atoms with van der Waals surface area (Å²) in [5.41, 5.74) is 10.5. The molecule has 0 spiro atoms. The molecule has 1 aromatic carbocycles. The number of nitrogens with one attached hydrogen (secondary N) is 1. The Morgan fingerprint density at radius 2 is 1.35 bits per heavy atom. The van der Waals surface area contributed by atoms with Crippen LogP contribution in [0.15, 0.2) is 29.4 Å². The van der Waals surface area contributed by atoms with Gasteiger partial charge >= 0.3 is 0 Å². The van der Waals surface area contributed by atoms with Crippen LogP contribution in [0.1, 0.15) is 47.1 Å². The monoisotopic (exact) mass is 395 g/mol. The van der Waals surface area contributed by atoms with E-state index in [-0.39, 0.29) is 10.1 Å². The van der Waals surface area contributed by atoms with Crippen molar-refractivity contribution in [3.63, 3.8) is 0 Å². The minimum Gasteiger partial charge on any atom is -0.453 e. The highest BCUT2D eigenvalue weighted by atomic mass is 28.4. The summed E-state index contributed by atoms with van der Waals surface area (Å²) in [6.07, 6.45) is 0. The fourth-order valence-corrected chi connectivity index (χ4v) is 2.65. The van der Waals surface area contributed by atoms with E-state index in [0.29, 0.717) is 11.5 Å². The highest BCUT2D eigenvalue weighted by Crippen LogP contribution is 2.37. The minimum atomic E-state index is -2.02. The maximum absolute atomic E-state index is 6.15. The molecule has 5 nitrogen and oxygen atoms in total. The summed E-state index contributed by atoms with van der Waals surface area (Å²) in [4.78, 5) is 0. The summed E-state index contributed by atoms with van der Waals surface area (Å²) in [5, 5.41) is 4.63. The Balaban J connectivity index is 3.11. The summed E-state index contributed by atoms with van der Waals surface area (Å²) in [6, 6.07) is 7.55. The molecule has 0 bridgehead atoms. The fraction of sp³-hybridized carbons (Fsp3) is 0.632. The van der Waals surface area contributed by atoms with Crippen LogP contribution in [0.5, 0.6) is 0 Å². The second-order valence-electron chi connectivity index (χ2n) is 9.88. The normalized spacial score (nSPS) is 14.3. The van der Waals surface area contributed by atoms with Gasteiger partial charge in [0.1, 0.15) is 0 Å². The molecule has 0 radical (unpaired) electrons. The van der Waals surface area contributed by atoms with Gasteiger partial charge in [0.05, 0.1) is 0 Å². The van der Waals surface area contributed by atoms with Crippen LogP contribution in [0.4, 0.5) is 5.69 Å². The molecule has 0 saturated heterocycles. The number of hydrogen-bond donors (Lipinski definition) is 2. The van der Waals surface area contributed by atoms with Gasteiger partial charge in [-0.05, 0) is 60.5 Å². The number of hydrogen-bond acceptors (Lipinski definition) is 4. The van der Waals surface area contributed by atoms with Crippen molar-refractivity contribution in [3.8, 4) is 0 Å². The Morgan fingerprint density at radius 3 is 1.77 bits per heavy atom. The summed E-state index contributed by atoms with van der Waals surface area (Å²) in [7, 11) is -4.00. The summed E-state index contributed by atoms with van der Waals surface area (Å²) >= 11 is 0. The van der Waals surface area contributed by atoms with Crippen molar-refractivity contribution in [1.29, 1.82) is 0 Å². The zero-order valence-electron chi connectivity index (χ0n) is 18.2. The third kappa shape index (κ3) is 5.85. The molecule has 7 heteroatoms. The zero-order valence-corrected chi connectivity index (χ0v) is 20.2. The summed E-state index contributed by atoms with van der Waals surface area (Å²) < 4.78 is 12.2. The van der Waals surface area contributed by atoms with Crippen LogP contribution in [0, 0.1) is 0 Å². The molecular formula is C19H37N3O2Si2. The van der Waals surface area contributed by atoms with E-state index >= 15 is 0 Å². The molecule has 0 heterocycles. The van der Waals surface area contributed by atoms with Crippen molar-refractivity contribution < 1.29 is 9.05 Å². The number of rotatable bonds is 5. The molecular weight excluding hydrogens is 358 g/mol. The average molecular weight is 396 g/mol. The SMILES string of the molecule is CC(C)(C)[Si](C)(C)O/N=C(/NO[Si](C)(C)C(C)(C)C)c1ccc(N)cc1. The van der Waals surface area contributed by atoms with Gasteiger partial charge in [0.2, 0.25) is 8.32 Å². The highest BCUT2D eigenvalue weighted by molar-refractivity contribution is 6.74. The van der Waals surface area contributed by atoms with Gasteiger partial charge in [-0.15, -0.1) is 0 Å². The van der Waals surface area contributed by atoms with E-state index in [1.807, 2.05) is 24.3 Å². The Hall–Kier alpha value is -1.32. The van der Waals surface area contributed by atoms with Gasteiger partial charge in [0.15, 0.2) is 5.84 Å². The quantitative estimate of drug-likeness (QED) is 0.228. The van der Waals surface area contributed by atoms with Crippen LogP contribution in [0.25, 0.3) is 0 Å². The van der Waals surface area contributed by atoms with Crippen molar-refractivity contribution >= 4 is 28.2 Å². The van der Waals surface area contributed by atoms with Crippen molar-refractivity contribution in [1.82, 2.24) is 5.48 Å². The van der Waals surface area contributed by atoms with Crippen LogP contribution >= 0.6 is 0 Å². The number of amidine groups is 1. The maximum Gasteiger partial charge on any atom is 0.286 e. The second-order valence-corrected chi connectivity index (χ2v) is 19.3. The number of nitrogens with two attached hydrogens (primary N) is 1. The Kier molecular flexibility index (Phi) is 6.76. The van der Waals surface area contributed by atoms with Gasteiger partial charge in [-0.25, -0.2) is 0 Å². The van der Waals surface area contributed by atoms with E-state index in [4.69, 9.17) is 14.8 Å². The number of nitrogen functional groups attached to an aromatic ring is 1. The first-order valence-corrected chi connectivity index (χ1v) is 14.9. The number of nitrogens with zero attached hydrogens (tertiary/aromatic N) is 1. The average Bonchev–Trinajstić information content (AvgIpc) is 2.46. The van der Waals surface area contributed by atoms with Crippen molar-refractivity contribution in [2.75, 3.05) is 5.73 Å². The molecule has 0 aliphatic carbocycles. The van der Waals surface area contributed by atoms with E-state index in [0.717, 1.165) is 5.56 Å². The Labute approximate surface area is 161 Å². The molecule has 148 valence electrons. The Morgan fingerprint density at radius 1 is 0.885 bits per heavy atom. The zero-order chi connectivity index (χ0) is 20.4. The Bertz CT molecular complexity index is 628. The molecule has 3 N–H and O–H groups in total. The van der Waals surface area contributed by atoms with Gasteiger partial charge in [-0.2, -0.15) is 0 Å². The molecule has 1 aromatic rings. The third-order valence-electron chi connectivity index (χ3n) is 5.56. The van der Waals surface area contributed by atoms with Crippen LogP contribution < -0.4 is 11.2 Å². The molecule has 0 fully saturated rings. The predicted molar refractivity (Wildman–Crippen MR) is 117 cm³/mol. The molecule has 0 saturated carbocycles. The summed E-state index contributed by atoms with van der Waals surface area (Å²) in [5.74, 6) is 0.583. The van der Waals surface area contributed by atoms with E-state index in [1.165, 1.54) is 0 Å². The van der Waals surface area contributed by atoms with E-state index < -0.39 is 16.6 Å². The molecule has 0 atom stereocenters. The molecule has 26 heavy (non-hydrogen) atoms. The van der Waals surface area contributed by atoms with Crippen LogP contribution in [0.3, 0.4) is 0 Å². The lowest BCUT2D eigenvalue weighted by molar-refractivity contribution is 0.225. The molecule has 0 aliphatic heterocycles. The standard InChI is InChI=1S/C19H37N3O2Si2/c1-18(2,3)25(7,8)23-21-17(15-11-13-16(20)14-12-15)22-24-26(9,10)19(4,5)6/h11-14H,20H2,1-10H3,(H,21,22). The number of anilines is 1. The van der Waals surface area contributed by atoms with Crippen LogP contribution in [0.2, 0.25) is 36.3 Å². The minimum absolute atomic E-state index is 0.0724. The van der Waals surface area contributed by atoms with Crippen LogP contribution in [-0.4, -0.2) is 22.5 Å². The fourth-order valence-electron chi connectivity index (χ4n) is 1.40. The third-order valence-corrected chi connectivity index (χ3v) is 13.9. The molecule has 0 aromatic heterocycles. The largest absolute Gasteiger partial charge is 0.453 e. The number of benzene rings is 1. The summed E-state index contributed by atoms with van der Waals surface area (Å²) in [6.45, 7) is 21.9. The molecule has 0 unspecified atom stereocenters. The first kappa shape index (κ1) is 22.7. The highest BCUT2D eigenvalue weighted by Gasteiger charge is 2.41. The van der Waals surface area contributed by atoms with Crippen molar-refractivity contribution in [3.05, 3.63) is 29.8 Å². The van der Waals surface area contributed by atoms with Crippen LogP contribution in [-0.2, 0) is 9.05 Å². The van der Waals surface area contributed by atoms with Crippen molar-refractivity contribution in [2.24, 2.45) is 5.16 Å². The first-order valence-electron chi connectivity index (χ1n) is 9.13. The lowest BCUT2D eigenvalue weighted by atomic mass is 10.2. The topological polar surface area (TPSA) is 68.9 Å². The van der Waals surface area contributed by atoms with Gasteiger partial charge in [-0.3, -0.25) is 5.48 Å². The van der Waals surface area contributed by atoms with E-state index in [1.54, 1.807) is 0 Å². The molecule has 0 aliphatic rings. The van der Waals surface area contributed by atoms with E-state index in [2.05, 4.69) is 78.4 Å². The predicted octanol–water partition coefficient (Wildman–Crippen LogP) is 5.48. The van der Waals surface area contributed by atoms with Gasteiger partial charge in [0, 0.05) is 11.3 Å². The van der Waals surface area contributed by atoms with Crippen molar-refractivity contribution in [2.45, 2.75) is 77.8 Å². The molecule has 1 rings (SSSR count). The number of oxime groups is 1. The lowest BCUT2D eigenvalue weighted by Gasteiger charge is -2.36. The lowest BCUT2D eigenvalue weighted by Crippen LogP contribution is -2.47. The molecule has 0 amide bonds. The van der Waals surface area contributed by atoms with Gasteiger partial charge in [-0.1, -0.05) is 46.7 Å². The van der Waals surface area contributed by atoms with E-state index in [9.17, 15) is 0 Å². The smallest absolute Gasteiger partial charge is 0.286 e. The maximum atomic E-state index is 6.15.